The Morgan fingerprint density at radius 3 is 2.62 bits per heavy atom. The van der Waals surface area contributed by atoms with Gasteiger partial charge in [0.25, 0.3) is 0 Å². The molecule has 0 saturated heterocycles. The Hall–Kier alpha value is -1.75. The van der Waals surface area contributed by atoms with Gasteiger partial charge in [-0.05, 0) is 26.0 Å². The summed E-state index contributed by atoms with van der Waals surface area (Å²) in [5, 5.41) is 6.58. The molecule has 0 saturated carbocycles. The largest absolute Gasteiger partial charge is 0.380 e. The van der Waals surface area contributed by atoms with Gasteiger partial charge in [0, 0.05) is 39.0 Å². The summed E-state index contributed by atoms with van der Waals surface area (Å²) >= 11 is 0. The van der Waals surface area contributed by atoms with Gasteiger partial charge >= 0.3 is 0 Å². The molecule has 0 aliphatic heterocycles. The molecule has 5 nitrogen and oxygen atoms in total. The summed E-state index contributed by atoms with van der Waals surface area (Å²) in [5.74, 6) is 0.846. The molecule has 0 heterocycles. The fourth-order valence-electron chi connectivity index (χ4n) is 1.86. The monoisotopic (exact) mass is 292 g/mol. The van der Waals surface area contributed by atoms with E-state index in [4.69, 9.17) is 4.74 Å². The van der Waals surface area contributed by atoms with Gasteiger partial charge < -0.3 is 20.3 Å². The van der Waals surface area contributed by atoms with Crippen LogP contribution in [0.4, 0.5) is 5.69 Å². The van der Waals surface area contributed by atoms with Gasteiger partial charge in [-0.15, -0.1) is 0 Å². The van der Waals surface area contributed by atoms with E-state index >= 15 is 0 Å². The number of guanidine groups is 1. The van der Waals surface area contributed by atoms with Gasteiger partial charge in [-0.2, -0.15) is 0 Å². The molecular weight excluding hydrogens is 264 g/mol. The lowest BCUT2D eigenvalue weighted by atomic mass is 10.3. The molecule has 21 heavy (non-hydrogen) atoms. The Balaban J connectivity index is 2.32. The van der Waals surface area contributed by atoms with Crippen LogP contribution in [-0.4, -0.2) is 52.4 Å². The van der Waals surface area contributed by atoms with Crippen molar-refractivity contribution in [3.8, 4) is 0 Å². The molecule has 0 aromatic heterocycles. The SMILES string of the molecule is CCNC(=NCCOCC)NCCN(C)c1ccccc1. The van der Waals surface area contributed by atoms with Crippen molar-refractivity contribution in [3.63, 3.8) is 0 Å². The van der Waals surface area contributed by atoms with Crippen LogP contribution in [0.25, 0.3) is 0 Å². The average molecular weight is 292 g/mol. The van der Waals surface area contributed by atoms with Crippen LogP contribution in [0.5, 0.6) is 0 Å². The standard InChI is InChI=1S/C16H28N4O/c1-4-17-16(19-12-14-21-5-2)18-11-13-20(3)15-9-7-6-8-10-15/h6-10H,4-5,11-14H2,1-3H3,(H2,17,18,19). The lowest BCUT2D eigenvalue weighted by Gasteiger charge is -2.20. The number of nitrogens with zero attached hydrogens (tertiary/aromatic N) is 2. The van der Waals surface area contributed by atoms with Gasteiger partial charge in [-0.1, -0.05) is 18.2 Å². The summed E-state index contributed by atoms with van der Waals surface area (Å²) in [5.41, 5.74) is 1.22. The highest BCUT2D eigenvalue weighted by molar-refractivity contribution is 5.79. The number of benzene rings is 1. The van der Waals surface area contributed by atoms with Crippen LogP contribution in [0.3, 0.4) is 0 Å². The van der Waals surface area contributed by atoms with Crippen molar-refractivity contribution in [1.29, 1.82) is 0 Å². The van der Waals surface area contributed by atoms with Crippen LogP contribution in [0.2, 0.25) is 0 Å². The normalized spacial score (nSPS) is 11.3. The molecule has 1 rings (SSSR count). The number of anilines is 1. The highest BCUT2D eigenvalue weighted by Gasteiger charge is 2.01. The van der Waals surface area contributed by atoms with Crippen molar-refractivity contribution in [1.82, 2.24) is 10.6 Å². The van der Waals surface area contributed by atoms with Crippen LogP contribution >= 0.6 is 0 Å². The number of aliphatic imine (C=N–C) groups is 1. The molecule has 0 radical (unpaired) electrons. The van der Waals surface area contributed by atoms with Gasteiger partial charge in [0.15, 0.2) is 5.96 Å². The molecule has 118 valence electrons. The molecule has 2 N–H and O–H groups in total. The zero-order chi connectivity index (χ0) is 15.3. The third kappa shape index (κ3) is 7.56. The van der Waals surface area contributed by atoms with Crippen LogP contribution in [0, 0.1) is 0 Å². The summed E-state index contributed by atoms with van der Waals surface area (Å²) < 4.78 is 5.29. The van der Waals surface area contributed by atoms with E-state index in [2.05, 4.69) is 58.8 Å². The number of ether oxygens (including phenoxy) is 1. The zero-order valence-corrected chi connectivity index (χ0v) is 13.4. The summed E-state index contributed by atoms with van der Waals surface area (Å²) in [6.07, 6.45) is 0. The molecule has 5 heteroatoms. The third-order valence-electron chi connectivity index (χ3n) is 2.99. The number of nitrogens with one attached hydrogen (secondary N) is 2. The van der Waals surface area contributed by atoms with Crippen LogP contribution in [-0.2, 0) is 4.74 Å². The van der Waals surface area contributed by atoms with Crippen molar-refractivity contribution >= 4 is 11.6 Å². The van der Waals surface area contributed by atoms with Crippen molar-refractivity contribution in [2.45, 2.75) is 13.8 Å². The topological polar surface area (TPSA) is 48.9 Å². The van der Waals surface area contributed by atoms with Gasteiger partial charge in [0.05, 0.1) is 13.2 Å². The Morgan fingerprint density at radius 1 is 1.19 bits per heavy atom. The Labute approximate surface area is 128 Å². The van der Waals surface area contributed by atoms with Crippen LogP contribution < -0.4 is 15.5 Å². The van der Waals surface area contributed by atoms with Gasteiger partial charge in [-0.25, -0.2) is 0 Å². The summed E-state index contributed by atoms with van der Waals surface area (Å²) in [6, 6.07) is 10.4. The number of likely N-dealkylation sites (N-methyl/N-ethyl adjacent to an activating group) is 1. The van der Waals surface area contributed by atoms with E-state index in [1.165, 1.54) is 5.69 Å². The summed E-state index contributed by atoms with van der Waals surface area (Å²) in [6.45, 7) is 8.75. The van der Waals surface area contributed by atoms with Crippen LogP contribution in [0.15, 0.2) is 35.3 Å². The second-order valence-electron chi connectivity index (χ2n) is 4.64. The minimum Gasteiger partial charge on any atom is -0.380 e. The Bertz CT molecular complexity index is 395. The second-order valence-corrected chi connectivity index (χ2v) is 4.64. The van der Waals surface area contributed by atoms with Gasteiger partial charge in [0.1, 0.15) is 0 Å². The van der Waals surface area contributed by atoms with Crippen molar-refractivity contribution in [3.05, 3.63) is 30.3 Å². The summed E-state index contributed by atoms with van der Waals surface area (Å²) in [4.78, 5) is 6.69. The second kappa shape index (κ2) is 11.0. The van der Waals surface area contributed by atoms with Gasteiger partial charge in [-0.3, -0.25) is 4.99 Å². The lowest BCUT2D eigenvalue weighted by molar-refractivity contribution is 0.155. The van der Waals surface area contributed by atoms with Gasteiger partial charge in [0.2, 0.25) is 0 Å². The predicted octanol–water partition coefficient (Wildman–Crippen LogP) is 1.71. The third-order valence-corrected chi connectivity index (χ3v) is 2.99. The zero-order valence-electron chi connectivity index (χ0n) is 13.4. The van der Waals surface area contributed by atoms with Crippen LogP contribution in [0.1, 0.15) is 13.8 Å². The Morgan fingerprint density at radius 2 is 1.95 bits per heavy atom. The molecule has 0 atom stereocenters. The minimum absolute atomic E-state index is 0.664. The molecule has 0 fully saturated rings. The smallest absolute Gasteiger partial charge is 0.191 e. The average Bonchev–Trinajstić information content (AvgIpc) is 2.52. The number of para-hydroxylation sites is 1. The fourth-order valence-corrected chi connectivity index (χ4v) is 1.86. The maximum Gasteiger partial charge on any atom is 0.191 e. The Kier molecular flexibility index (Phi) is 9.04. The molecule has 0 aliphatic carbocycles. The molecule has 0 amide bonds. The minimum atomic E-state index is 0.664. The van der Waals surface area contributed by atoms with Crippen molar-refractivity contribution < 1.29 is 4.74 Å². The molecule has 0 unspecified atom stereocenters. The number of hydrogen-bond donors (Lipinski definition) is 2. The first kappa shape index (κ1) is 17.3. The van der Waals surface area contributed by atoms with E-state index in [-0.39, 0.29) is 0 Å². The fraction of sp³-hybridized carbons (Fsp3) is 0.562. The number of rotatable bonds is 9. The first-order valence-electron chi connectivity index (χ1n) is 7.64. The van der Waals surface area contributed by atoms with E-state index in [1.807, 2.05) is 13.0 Å². The molecule has 1 aromatic rings. The first-order valence-corrected chi connectivity index (χ1v) is 7.64. The maximum atomic E-state index is 5.29. The molecule has 1 aromatic carbocycles. The van der Waals surface area contributed by atoms with Crippen molar-refractivity contribution in [2.24, 2.45) is 4.99 Å². The highest BCUT2D eigenvalue weighted by atomic mass is 16.5. The van der Waals surface area contributed by atoms with E-state index in [0.29, 0.717) is 13.2 Å². The predicted molar refractivity (Wildman–Crippen MR) is 90.2 cm³/mol. The molecule has 0 spiro atoms. The highest BCUT2D eigenvalue weighted by Crippen LogP contribution is 2.09. The maximum absolute atomic E-state index is 5.29. The summed E-state index contributed by atoms with van der Waals surface area (Å²) in [7, 11) is 2.09. The van der Waals surface area contributed by atoms with Crippen molar-refractivity contribution in [2.75, 3.05) is 51.3 Å². The molecule has 0 aliphatic rings. The van der Waals surface area contributed by atoms with E-state index < -0.39 is 0 Å². The molecular formula is C16H28N4O. The quantitative estimate of drug-likeness (QED) is 0.413. The van der Waals surface area contributed by atoms with E-state index in [0.717, 1.165) is 32.2 Å². The van der Waals surface area contributed by atoms with E-state index in [1.54, 1.807) is 0 Å². The lowest BCUT2D eigenvalue weighted by Crippen LogP contribution is -2.41. The number of hydrogen-bond acceptors (Lipinski definition) is 3. The van der Waals surface area contributed by atoms with E-state index in [9.17, 15) is 0 Å². The first-order chi connectivity index (χ1) is 10.3. The molecule has 0 bridgehead atoms.